The van der Waals surface area contributed by atoms with Crippen LogP contribution in [-0.4, -0.2) is 5.84 Å². The Morgan fingerprint density at radius 1 is 1.18 bits per heavy atom. The van der Waals surface area contributed by atoms with Gasteiger partial charge in [-0.1, -0.05) is 6.07 Å². The summed E-state index contributed by atoms with van der Waals surface area (Å²) in [5, 5.41) is 5.45. The molecule has 4 N–H and O–H groups in total. The lowest BCUT2D eigenvalue weighted by Gasteiger charge is -1.98. The van der Waals surface area contributed by atoms with E-state index in [4.69, 9.17) is 11.1 Å². The minimum Gasteiger partial charge on any atom is -0.287 e. The Labute approximate surface area is 66.6 Å². The molecule has 1 aromatic rings. The van der Waals surface area contributed by atoms with Gasteiger partial charge in [0.25, 0.3) is 5.84 Å². The maximum absolute atomic E-state index is 5.45. The lowest BCUT2D eigenvalue weighted by atomic mass is 10.1. The summed E-state index contributed by atoms with van der Waals surface area (Å²) in [5.41, 5.74) is 8.74. The van der Waals surface area contributed by atoms with Gasteiger partial charge in [-0.15, -0.1) is 0 Å². The van der Waals surface area contributed by atoms with Crippen LogP contribution in [0.15, 0.2) is 18.2 Å². The molecule has 1 rings (SSSR count). The number of aryl methyl sites for hydroxylation is 2. The molecule has 58 valence electrons. The second-order valence-corrected chi connectivity index (χ2v) is 2.83. The van der Waals surface area contributed by atoms with Crippen LogP contribution in [0.2, 0.25) is 0 Å². The average molecular weight is 149 g/mol. The molecule has 0 aliphatic carbocycles. The van der Waals surface area contributed by atoms with Crippen LogP contribution in [0, 0.1) is 13.8 Å². The monoisotopic (exact) mass is 149 g/mol. The summed E-state index contributed by atoms with van der Waals surface area (Å²) in [7, 11) is 0. The number of hydrogen-bond acceptors (Lipinski definition) is 0. The van der Waals surface area contributed by atoms with Crippen LogP contribution in [0.25, 0.3) is 0 Å². The van der Waals surface area contributed by atoms with Crippen molar-refractivity contribution in [1.29, 1.82) is 0 Å². The molecule has 2 nitrogen and oxygen atoms in total. The summed E-state index contributed by atoms with van der Waals surface area (Å²) in [5.74, 6) is 0.386. The molecule has 0 bridgehead atoms. The van der Waals surface area contributed by atoms with Gasteiger partial charge in [0, 0.05) is 0 Å². The van der Waals surface area contributed by atoms with Crippen molar-refractivity contribution < 1.29 is 5.41 Å². The predicted molar refractivity (Wildman–Crippen MR) is 46.1 cm³/mol. The molecule has 1 aromatic carbocycles. The SMILES string of the molecule is Cc1cc(C)cc(C(N)=[NH2+])c1. The Kier molecular flexibility index (Phi) is 1.94. The molecule has 0 aromatic heterocycles. The van der Waals surface area contributed by atoms with Crippen molar-refractivity contribution in [2.75, 3.05) is 0 Å². The number of hydrogen-bond donors (Lipinski definition) is 2. The lowest BCUT2D eigenvalue weighted by molar-refractivity contribution is -0.114. The largest absolute Gasteiger partial charge is 0.287 e. The topological polar surface area (TPSA) is 51.6 Å². The molecule has 0 fully saturated rings. The Hall–Kier alpha value is -1.31. The number of rotatable bonds is 1. The Bertz CT molecular complexity index is 269. The van der Waals surface area contributed by atoms with E-state index in [1.807, 2.05) is 26.0 Å². The summed E-state index contributed by atoms with van der Waals surface area (Å²) >= 11 is 0. The van der Waals surface area contributed by atoms with E-state index in [0.29, 0.717) is 5.84 Å². The third-order valence-electron chi connectivity index (χ3n) is 1.56. The van der Waals surface area contributed by atoms with Crippen LogP contribution in [0.4, 0.5) is 0 Å². The molecule has 2 heteroatoms. The standard InChI is InChI=1S/C9H12N2/c1-6-3-7(2)5-8(4-6)9(10)11/h3-5H,1-2H3,(H3,10,11)/p+1. The predicted octanol–water partition coefficient (Wildman–Crippen LogP) is -0.232. The van der Waals surface area contributed by atoms with Crippen LogP contribution in [0.3, 0.4) is 0 Å². The third-order valence-corrected chi connectivity index (χ3v) is 1.56. The summed E-state index contributed by atoms with van der Waals surface area (Å²) < 4.78 is 0. The maximum Gasteiger partial charge on any atom is 0.270 e. The zero-order valence-electron chi connectivity index (χ0n) is 6.89. The average Bonchev–Trinajstić information content (AvgIpc) is 1.85. The highest BCUT2D eigenvalue weighted by molar-refractivity contribution is 5.92. The fourth-order valence-electron chi connectivity index (χ4n) is 1.14. The zero-order valence-corrected chi connectivity index (χ0v) is 6.89. The number of benzene rings is 1. The van der Waals surface area contributed by atoms with E-state index >= 15 is 0 Å². The summed E-state index contributed by atoms with van der Waals surface area (Å²) in [6.45, 7) is 4.05. The van der Waals surface area contributed by atoms with E-state index in [1.54, 1.807) is 0 Å². The number of nitrogens with two attached hydrogens (primary N) is 2. The van der Waals surface area contributed by atoms with Gasteiger partial charge in [-0.05, 0) is 37.1 Å². The Morgan fingerprint density at radius 2 is 1.64 bits per heavy atom. The van der Waals surface area contributed by atoms with Crippen LogP contribution in [0.5, 0.6) is 0 Å². The highest BCUT2D eigenvalue weighted by Gasteiger charge is 2.01. The smallest absolute Gasteiger partial charge is 0.270 e. The van der Waals surface area contributed by atoms with Crippen LogP contribution in [0.1, 0.15) is 16.7 Å². The zero-order chi connectivity index (χ0) is 8.43. The van der Waals surface area contributed by atoms with Crippen molar-refractivity contribution in [1.82, 2.24) is 0 Å². The van der Waals surface area contributed by atoms with Crippen LogP contribution in [-0.2, 0) is 0 Å². The fourth-order valence-corrected chi connectivity index (χ4v) is 1.14. The van der Waals surface area contributed by atoms with Gasteiger partial charge in [-0.25, -0.2) is 0 Å². The van der Waals surface area contributed by atoms with Gasteiger partial charge in [0.05, 0.1) is 5.56 Å². The molecule has 0 heterocycles. The molecular weight excluding hydrogens is 136 g/mol. The second-order valence-electron chi connectivity index (χ2n) is 2.83. The van der Waals surface area contributed by atoms with E-state index in [-0.39, 0.29) is 0 Å². The molecule has 0 aliphatic rings. The minimum absolute atomic E-state index is 0.386. The van der Waals surface area contributed by atoms with Gasteiger partial charge < -0.3 is 0 Å². The van der Waals surface area contributed by atoms with E-state index in [1.165, 1.54) is 11.1 Å². The van der Waals surface area contributed by atoms with Crippen molar-refractivity contribution in [3.05, 3.63) is 34.9 Å². The summed E-state index contributed by atoms with van der Waals surface area (Å²) in [6.07, 6.45) is 0. The Balaban J connectivity index is 3.19. The molecule has 0 amide bonds. The highest BCUT2D eigenvalue weighted by Crippen LogP contribution is 2.06. The maximum atomic E-state index is 5.45. The first-order valence-corrected chi connectivity index (χ1v) is 3.56. The van der Waals surface area contributed by atoms with Crippen LogP contribution >= 0.6 is 0 Å². The van der Waals surface area contributed by atoms with Crippen molar-refractivity contribution in [3.8, 4) is 0 Å². The minimum atomic E-state index is 0.386. The van der Waals surface area contributed by atoms with Gasteiger partial charge in [0.15, 0.2) is 0 Å². The van der Waals surface area contributed by atoms with Gasteiger partial charge >= 0.3 is 0 Å². The van der Waals surface area contributed by atoms with E-state index < -0.39 is 0 Å². The lowest BCUT2D eigenvalue weighted by Crippen LogP contribution is -2.46. The molecule has 0 saturated heterocycles. The van der Waals surface area contributed by atoms with Gasteiger partial charge in [-0.3, -0.25) is 11.1 Å². The summed E-state index contributed by atoms with van der Waals surface area (Å²) in [6, 6.07) is 6.04. The Morgan fingerprint density at radius 3 is 2.00 bits per heavy atom. The van der Waals surface area contributed by atoms with Crippen molar-refractivity contribution in [2.45, 2.75) is 13.8 Å². The quantitative estimate of drug-likeness (QED) is 0.420. The van der Waals surface area contributed by atoms with Gasteiger partial charge in [0.1, 0.15) is 0 Å². The first kappa shape index (κ1) is 7.79. The molecular formula is C9H13N2+. The molecule has 0 spiro atoms. The molecule has 11 heavy (non-hydrogen) atoms. The van der Waals surface area contributed by atoms with Crippen molar-refractivity contribution in [3.63, 3.8) is 0 Å². The van der Waals surface area contributed by atoms with Crippen molar-refractivity contribution >= 4 is 5.84 Å². The molecule has 0 radical (unpaired) electrons. The third kappa shape index (κ3) is 1.80. The molecule has 0 unspecified atom stereocenters. The van der Waals surface area contributed by atoms with E-state index in [2.05, 4.69) is 6.07 Å². The number of amidine groups is 1. The molecule has 0 atom stereocenters. The second kappa shape index (κ2) is 2.74. The first-order chi connectivity index (χ1) is 5.09. The van der Waals surface area contributed by atoms with Crippen molar-refractivity contribution in [2.24, 2.45) is 5.73 Å². The highest BCUT2D eigenvalue weighted by atomic mass is 14.7. The molecule has 0 saturated carbocycles. The van der Waals surface area contributed by atoms with E-state index in [0.717, 1.165) is 5.56 Å². The van der Waals surface area contributed by atoms with Gasteiger partial charge in [0.2, 0.25) is 0 Å². The van der Waals surface area contributed by atoms with Gasteiger partial charge in [-0.2, -0.15) is 0 Å². The fraction of sp³-hybridized carbons (Fsp3) is 0.222. The van der Waals surface area contributed by atoms with E-state index in [9.17, 15) is 0 Å². The summed E-state index contributed by atoms with van der Waals surface area (Å²) in [4.78, 5) is 0. The first-order valence-electron chi connectivity index (χ1n) is 3.56. The normalized spacial score (nSPS) is 9.64. The van der Waals surface area contributed by atoms with Crippen LogP contribution < -0.4 is 11.1 Å². The molecule has 0 aliphatic heterocycles.